The van der Waals surface area contributed by atoms with E-state index in [1.165, 1.54) is 6.92 Å². The molecule has 0 N–H and O–H groups in total. The van der Waals surface area contributed by atoms with Crippen LogP contribution >= 0.6 is 0 Å². The van der Waals surface area contributed by atoms with Gasteiger partial charge in [0, 0.05) is 20.0 Å². The van der Waals surface area contributed by atoms with Gasteiger partial charge in [-0.1, -0.05) is 20.3 Å². The van der Waals surface area contributed by atoms with Crippen LogP contribution in [0.2, 0.25) is 0 Å². The van der Waals surface area contributed by atoms with Crippen molar-refractivity contribution in [2.24, 2.45) is 0 Å². The van der Waals surface area contributed by atoms with E-state index in [1.54, 1.807) is 6.92 Å². The van der Waals surface area contributed by atoms with Gasteiger partial charge in [-0.2, -0.15) is 0 Å². The largest absolute Gasteiger partial charge is 0.463 e. The number of Topliss-reactive ketones (excluding diaryl/α,β-unsaturated/α-hetero) is 1. The highest BCUT2D eigenvalue weighted by atomic mass is 16.6. The van der Waals surface area contributed by atoms with E-state index in [0.717, 1.165) is 19.4 Å². The molecule has 0 aromatic rings. The van der Waals surface area contributed by atoms with E-state index in [9.17, 15) is 9.59 Å². The van der Waals surface area contributed by atoms with Gasteiger partial charge in [-0.05, 0) is 13.3 Å². The van der Waals surface area contributed by atoms with Crippen molar-refractivity contribution in [2.75, 3.05) is 19.8 Å². The van der Waals surface area contributed by atoms with Crippen molar-refractivity contribution in [1.82, 2.24) is 0 Å². The summed E-state index contributed by atoms with van der Waals surface area (Å²) in [5.74, 6) is 0.00842. The molecule has 0 saturated heterocycles. The van der Waals surface area contributed by atoms with Gasteiger partial charge in [-0.15, -0.1) is 0 Å². The molecule has 4 heteroatoms. The van der Waals surface area contributed by atoms with Crippen LogP contribution in [0.3, 0.4) is 0 Å². The lowest BCUT2D eigenvalue weighted by Crippen LogP contribution is -2.07. The molecule has 0 radical (unpaired) electrons. The quantitative estimate of drug-likeness (QED) is 0.499. The second-order valence-corrected chi connectivity index (χ2v) is 3.36. The summed E-state index contributed by atoms with van der Waals surface area (Å²) in [5.41, 5.74) is 0. The Bertz CT molecular complexity index is 178. The molecule has 0 unspecified atom stereocenters. The van der Waals surface area contributed by atoms with Crippen LogP contribution in [0.25, 0.3) is 0 Å². The Kier molecular flexibility index (Phi) is 15.4. The zero-order chi connectivity index (χ0) is 12.8. The summed E-state index contributed by atoms with van der Waals surface area (Å²) >= 11 is 0. The van der Waals surface area contributed by atoms with E-state index in [0.29, 0.717) is 19.6 Å². The minimum Gasteiger partial charge on any atom is -0.463 e. The number of esters is 1. The van der Waals surface area contributed by atoms with Crippen molar-refractivity contribution in [3.63, 3.8) is 0 Å². The number of hydrogen-bond acceptors (Lipinski definition) is 4. The number of carbonyl (C=O) groups is 2. The first-order valence-corrected chi connectivity index (χ1v) is 5.75. The number of unbranched alkanes of at least 4 members (excludes halogenated alkanes) is 1. The molecule has 0 amide bonds. The van der Waals surface area contributed by atoms with Crippen LogP contribution in [-0.2, 0) is 19.1 Å². The van der Waals surface area contributed by atoms with Crippen LogP contribution < -0.4 is 0 Å². The fraction of sp³-hybridized carbons (Fsp3) is 0.833. The molecule has 16 heavy (non-hydrogen) atoms. The van der Waals surface area contributed by atoms with Gasteiger partial charge >= 0.3 is 5.97 Å². The molecule has 0 spiro atoms. The number of ketones is 1. The predicted molar refractivity (Wildman–Crippen MR) is 63.3 cm³/mol. The molecule has 0 aliphatic rings. The van der Waals surface area contributed by atoms with E-state index in [-0.39, 0.29) is 11.8 Å². The highest BCUT2D eigenvalue weighted by molar-refractivity contribution is 5.74. The summed E-state index contributed by atoms with van der Waals surface area (Å²) in [4.78, 5) is 20.1. The molecule has 0 aliphatic carbocycles. The van der Waals surface area contributed by atoms with Gasteiger partial charge in [0.05, 0.1) is 6.61 Å². The first-order chi connectivity index (χ1) is 7.54. The minimum atomic E-state index is -0.246. The third kappa shape index (κ3) is 23.2. The lowest BCUT2D eigenvalue weighted by Gasteiger charge is -2.02. The molecule has 0 saturated carbocycles. The molecule has 0 heterocycles. The third-order valence-corrected chi connectivity index (χ3v) is 1.67. The predicted octanol–water partition coefficient (Wildman–Crippen LogP) is 2.35. The summed E-state index contributed by atoms with van der Waals surface area (Å²) in [6.45, 7) is 8.58. The Hall–Kier alpha value is -0.900. The topological polar surface area (TPSA) is 52.6 Å². The molecule has 0 aromatic heterocycles. The van der Waals surface area contributed by atoms with E-state index in [1.807, 2.05) is 6.92 Å². The lowest BCUT2D eigenvalue weighted by molar-refractivity contribution is -0.142. The smallest absolute Gasteiger partial charge is 0.302 e. The molecule has 96 valence electrons. The van der Waals surface area contributed by atoms with Gasteiger partial charge < -0.3 is 14.3 Å². The standard InChI is InChI=1S/C8H16O3.C4H8O/c1-3-4-5-10-6-7-11-8(2)9;1-3-4(2)5/h3-7H2,1-2H3;3H2,1-2H3. The molecule has 0 rings (SSSR count). The zero-order valence-corrected chi connectivity index (χ0v) is 10.9. The molecule has 0 atom stereocenters. The normalized spacial score (nSPS) is 9.00. The summed E-state index contributed by atoms with van der Waals surface area (Å²) < 4.78 is 9.81. The van der Waals surface area contributed by atoms with Crippen molar-refractivity contribution in [2.45, 2.75) is 47.0 Å². The van der Waals surface area contributed by atoms with Crippen LogP contribution in [-0.4, -0.2) is 31.6 Å². The monoisotopic (exact) mass is 232 g/mol. The zero-order valence-electron chi connectivity index (χ0n) is 10.9. The minimum absolute atomic E-state index is 0.246. The highest BCUT2D eigenvalue weighted by Crippen LogP contribution is 1.87. The van der Waals surface area contributed by atoms with E-state index >= 15 is 0 Å². The molecular weight excluding hydrogens is 208 g/mol. The number of hydrogen-bond donors (Lipinski definition) is 0. The van der Waals surface area contributed by atoms with Crippen molar-refractivity contribution in [3.8, 4) is 0 Å². The summed E-state index contributed by atoms with van der Waals surface area (Å²) in [6, 6.07) is 0. The van der Waals surface area contributed by atoms with E-state index in [2.05, 4.69) is 11.7 Å². The second kappa shape index (κ2) is 14.1. The Morgan fingerprint density at radius 3 is 1.94 bits per heavy atom. The molecule has 0 fully saturated rings. The van der Waals surface area contributed by atoms with Crippen LogP contribution in [0.15, 0.2) is 0 Å². The average molecular weight is 232 g/mol. The van der Waals surface area contributed by atoms with Gasteiger partial charge in [0.2, 0.25) is 0 Å². The fourth-order valence-corrected chi connectivity index (χ4v) is 0.593. The maximum Gasteiger partial charge on any atom is 0.302 e. The van der Waals surface area contributed by atoms with Gasteiger partial charge in [-0.3, -0.25) is 4.79 Å². The molecule has 4 nitrogen and oxygen atoms in total. The SMILES string of the molecule is CCC(C)=O.CCCCOCCOC(C)=O. The van der Waals surface area contributed by atoms with Crippen LogP contribution in [0.1, 0.15) is 47.0 Å². The molecule has 0 aliphatic heterocycles. The van der Waals surface area contributed by atoms with E-state index in [4.69, 9.17) is 4.74 Å². The third-order valence-electron chi connectivity index (χ3n) is 1.67. The summed E-state index contributed by atoms with van der Waals surface area (Å²) in [7, 11) is 0. The maximum absolute atomic E-state index is 10.3. The van der Waals surface area contributed by atoms with Gasteiger partial charge in [0.25, 0.3) is 0 Å². The highest BCUT2D eigenvalue weighted by Gasteiger charge is 1.91. The Labute approximate surface area is 98.3 Å². The van der Waals surface area contributed by atoms with E-state index < -0.39 is 0 Å². The molecule has 0 bridgehead atoms. The first kappa shape index (κ1) is 17.5. The number of rotatable bonds is 7. The Morgan fingerprint density at radius 2 is 1.56 bits per heavy atom. The van der Waals surface area contributed by atoms with Crippen LogP contribution in [0, 0.1) is 0 Å². The number of ether oxygens (including phenoxy) is 2. The van der Waals surface area contributed by atoms with Crippen LogP contribution in [0.5, 0.6) is 0 Å². The second-order valence-electron chi connectivity index (χ2n) is 3.36. The van der Waals surface area contributed by atoms with Crippen molar-refractivity contribution in [3.05, 3.63) is 0 Å². The summed E-state index contributed by atoms with van der Waals surface area (Å²) in [5, 5.41) is 0. The van der Waals surface area contributed by atoms with Gasteiger partial charge in [0.15, 0.2) is 0 Å². The molecular formula is C12H24O4. The number of carbonyl (C=O) groups excluding carboxylic acids is 2. The van der Waals surface area contributed by atoms with Crippen LogP contribution in [0.4, 0.5) is 0 Å². The summed E-state index contributed by atoms with van der Waals surface area (Å²) in [6.07, 6.45) is 2.87. The van der Waals surface area contributed by atoms with Gasteiger partial charge in [0.1, 0.15) is 12.4 Å². The Balaban J connectivity index is 0. The molecule has 0 aromatic carbocycles. The fourth-order valence-electron chi connectivity index (χ4n) is 0.593. The Morgan fingerprint density at radius 1 is 1.00 bits per heavy atom. The average Bonchev–Trinajstić information content (AvgIpc) is 2.23. The van der Waals surface area contributed by atoms with Crippen molar-refractivity contribution < 1.29 is 19.1 Å². The van der Waals surface area contributed by atoms with Crippen molar-refractivity contribution >= 4 is 11.8 Å². The van der Waals surface area contributed by atoms with Crippen molar-refractivity contribution in [1.29, 1.82) is 0 Å². The maximum atomic E-state index is 10.3. The first-order valence-electron chi connectivity index (χ1n) is 5.75. The lowest BCUT2D eigenvalue weighted by atomic mass is 10.4. The van der Waals surface area contributed by atoms with Gasteiger partial charge in [-0.25, -0.2) is 0 Å².